The van der Waals surface area contributed by atoms with Crippen LogP contribution in [-0.4, -0.2) is 11.0 Å². The van der Waals surface area contributed by atoms with Gasteiger partial charge in [-0.15, -0.1) is 0 Å². The van der Waals surface area contributed by atoms with E-state index >= 15 is 0 Å². The summed E-state index contributed by atoms with van der Waals surface area (Å²) in [6.45, 7) is 0. The molecule has 0 fully saturated rings. The molecule has 0 saturated heterocycles. The maximum absolute atomic E-state index is 13.5. The quantitative estimate of drug-likeness (QED) is 0.858. The molecule has 0 aliphatic carbocycles. The number of halogens is 3. The Morgan fingerprint density at radius 1 is 1.26 bits per heavy atom. The van der Waals surface area contributed by atoms with Crippen LogP contribution in [0.3, 0.4) is 0 Å². The van der Waals surface area contributed by atoms with Crippen molar-refractivity contribution in [1.29, 1.82) is 0 Å². The average molecular weight is 345 g/mol. The highest BCUT2D eigenvalue weighted by atomic mass is 79.9. The van der Waals surface area contributed by atoms with Crippen LogP contribution in [0.25, 0.3) is 0 Å². The fourth-order valence-electron chi connectivity index (χ4n) is 1.47. The lowest BCUT2D eigenvalue weighted by molar-refractivity contribution is 0.102. The van der Waals surface area contributed by atoms with Crippen molar-refractivity contribution in [1.82, 2.24) is 0 Å². The smallest absolute Gasteiger partial charge is 0.257 e. The minimum absolute atomic E-state index is 0.0267. The molecule has 0 heterocycles. The second kappa shape index (κ2) is 5.59. The van der Waals surface area contributed by atoms with Crippen molar-refractivity contribution in [2.75, 3.05) is 5.32 Å². The number of carbonyl (C=O) groups is 1. The molecule has 2 aromatic rings. The lowest BCUT2D eigenvalue weighted by Crippen LogP contribution is -2.13. The summed E-state index contributed by atoms with van der Waals surface area (Å²) < 4.78 is 14.1. The van der Waals surface area contributed by atoms with Crippen LogP contribution in [0.1, 0.15) is 10.4 Å². The largest absolute Gasteiger partial charge is 0.508 e. The van der Waals surface area contributed by atoms with Crippen LogP contribution in [0, 0.1) is 5.82 Å². The number of nitrogens with one attached hydrogen (secondary N) is 1. The summed E-state index contributed by atoms with van der Waals surface area (Å²) in [4.78, 5) is 12.0. The summed E-state index contributed by atoms with van der Waals surface area (Å²) in [6, 6.07) is 8.15. The van der Waals surface area contributed by atoms with Gasteiger partial charge in [0.05, 0.1) is 16.3 Å². The highest BCUT2D eigenvalue weighted by molar-refractivity contribution is 9.10. The van der Waals surface area contributed by atoms with Gasteiger partial charge in [0.15, 0.2) is 0 Å². The molecule has 0 saturated carbocycles. The van der Waals surface area contributed by atoms with E-state index in [0.717, 1.165) is 0 Å². The molecule has 0 aromatic heterocycles. The third-order valence-corrected chi connectivity index (χ3v) is 3.19. The third kappa shape index (κ3) is 3.24. The Kier molecular flexibility index (Phi) is 4.07. The van der Waals surface area contributed by atoms with Gasteiger partial charge in [0.1, 0.15) is 11.6 Å². The first-order chi connectivity index (χ1) is 8.97. The number of aromatic hydroxyl groups is 1. The molecule has 0 spiro atoms. The molecule has 3 nitrogen and oxygen atoms in total. The van der Waals surface area contributed by atoms with Gasteiger partial charge in [-0.25, -0.2) is 4.39 Å². The van der Waals surface area contributed by atoms with Crippen molar-refractivity contribution < 1.29 is 14.3 Å². The van der Waals surface area contributed by atoms with E-state index in [9.17, 15) is 14.3 Å². The lowest BCUT2D eigenvalue weighted by Gasteiger charge is -2.08. The second-order valence-corrected chi connectivity index (χ2v) is 5.07. The normalized spacial score (nSPS) is 10.3. The van der Waals surface area contributed by atoms with Crippen molar-refractivity contribution in [3.05, 3.63) is 57.3 Å². The van der Waals surface area contributed by atoms with E-state index in [1.54, 1.807) is 0 Å². The first kappa shape index (κ1) is 13.8. The van der Waals surface area contributed by atoms with Crippen molar-refractivity contribution >= 4 is 39.1 Å². The molecular formula is C13H8BrClFNO2. The Morgan fingerprint density at radius 3 is 2.74 bits per heavy atom. The van der Waals surface area contributed by atoms with Crippen molar-refractivity contribution in [2.45, 2.75) is 0 Å². The SMILES string of the molecule is O=C(Nc1cc(Br)ccc1F)c1cc(O)ccc1Cl. The van der Waals surface area contributed by atoms with Crippen molar-refractivity contribution in [3.8, 4) is 5.75 Å². The van der Waals surface area contributed by atoms with Gasteiger partial charge >= 0.3 is 0 Å². The van der Waals surface area contributed by atoms with E-state index in [4.69, 9.17) is 11.6 Å². The first-order valence-corrected chi connectivity index (χ1v) is 6.39. The molecule has 0 unspecified atom stereocenters. The summed E-state index contributed by atoms with van der Waals surface area (Å²) in [6.07, 6.45) is 0. The van der Waals surface area contributed by atoms with Gasteiger partial charge in [-0.05, 0) is 36.4 Å². The number of amides is 1. The molecule has 0 bridgehead atoms. The van der Waals surface area contributed by atoms with Gasteiger partial charge in [0.2, 0.25) is 0 Å². The van der Waals surface area contributed by atoms with E-state index in [1.807, 2.05) is 0 Å². The van der Waals surface area contributed by atoms with Crippen LogP contribution in [-0.2, 0) is 0 Å². The van der Waals surface area contributed by atoms with Crippen LogP contribution in [0.5, 0.6) is 5.75 Å². The maximum atomic E-state index is 13.5. The molecule has 0 radical (unpaired) electrons. The topological polar surface area (TPSA) is 49.3 Å². The number of anilines is 1. The van der Waals surface area contributed by atoms with E-state index in [2.05, 4.69) is 21.2 Å². The molecular weight excluding hydrogens is 337 g/mol. The number of benzene rings is 2. The molecule has 98 valence electrons. The zero-order chi connectivity index (χ0) is 14.0. The predicted molar refractivity (Wildman–Crippen MR) is 75.2 cm³/mol. The molecule has 0 aliphatic heterocycles. The predicted octanol–water partition coefficient (Wildman–Crippen LogP) is 4.20. The zero-order valence-corrected chi connectivity index (χ0v) is 11.8. The first-order valence-electron chi connectivity index (χ1n) is 5.22. The molecule has 2 aromatic carbocycles. The fraction of sp³-hybridized carbons (Fsp3) is 0. The highest BCUT2D eigenvalue weighted by Crippen LogP contribution is 2.24. The Bertz CT molecular complexity index is 649. The van der Waals surface area contributed by atoms with Crippen LogP contribution < -0.4 is 5.32 Å². The Morgan fingerprint density at radius 2 is 2.00 bits per heavy atom. The van der Waals surface area contributed by atoms with Crippen LogP contribution in [0.15, 0.2) is 40.9 Å². The summed E-state index contributed by atoms with van der Waals surface area (Å²) in [5.41, 5.74) is 0.0971. The maximum Gasteiger partial charge on any atom is 0.257 e. The zero-order valence-electron chi connectivity index (χ0n) is 9.45. The second-order valence-electron chi connectivity index (χ2n) is 3.74. The summed E-state index contributed by atoms with van der Waals surface area (Å²) in [5.74, 6) is -1.25. The van der Waals surface area contributed by atoms with Gasteiger partial charge < -0.3 is 10.4 Å². The van der Waals surface area contributed by atoms with E-state index in [0.29, 0.717) is 4.47 Å². The summed E-state index contributed by atoms with van der Waals surface area (Å²) >= 11 is 9.04. The number of phenolic OH excluding ortho intramolecular Hbond substituents is 1. The molecule has 0 atom stereocenters. The minimum Gasteiger partial charge on any atom is -0.508 e. The number of phenols is 1. The molecule has 19 heavy (non-hydrogen) atoms. The lowest BCUT2D eigenvalue weighted by atomic mass is 10.2. The molecule has 0 aliphatic rings. The van der Waals surface area contributed by atoms with Crippen molar-refractivity contribution in [3.63, 3.8) is 0 Å². The molecule has 6 heteroatoms. The number of hydrogen-bond acceptors (Lipinski definition) is 2. The Labute approximate surface area is 122 Å². The third-order valence-electron chi connectivity index (χ3n) is 2.37. The molecule has 2 rings (SSSR count). The summed E-state index contributed by atoms with van der Waals surface area (Å²) in [5, 5.41) is 11.9. The van der Waals surface area contributed by atoms with Gasteiger partial charge in [-0.3, -0.25) is 4.79 Å². The summed E-state index contributed by atoms with van der Waals surface area (Å²) in [7, 11) is 0. The Balaban J connectivity index is 2.30. The van der Waals surface area contributed by atoms with E-state index < -0.39 is 11.7 Å². The average Bonchev–Trinajstić information content (AvgIpc) is 2.36. The number of hydrogen-bond donors (Lipinski definition) is 2. The van der Waals surface area contributed by atoms with Gasteiger partial charge in [-0.1, -0.05) is 27.5 Å². The van der Waals surface area contributed by atoms with Gasteiger partial charge in [0, 0.05) is 4.47 Å². The van der Waals surface area contributed by atoms with E-state index in [-0.39, 0.29) is 22.0 Å². The van der Waals surface area contributed by atoms with E-state index in [1.165, 1.54) is 36.4 Å². The monoisotopic (exact) mass is 343 g/mol. The number of carbonyl (C=O) groups excluding carboxylic acids is 1. The molecule has 2 N–H and O–H groups in total. The van der Waals surface area contributed by atoms with Crippen molar-refractivity contribution in [2.24, 2.45) is 0 Å². The number of rotatable bonds is 2. The standard InChI is InChI=1S/C13H8BrClFNO2/c14-7-1-4-11(16)12(5-7)17-13(19)9-6-8(18)2-3-10(9)15/h1-6,18H,(H,17,19). The van der Waals surface area contributed by atoms with Crippen LogP contribution in [0.4, 0.5) is 10.1 Å². The van der Waals surface area contributed by atoms with Gasteiger partial charge in [0.25, 0.3) is 5.91 Å². The fourth-order valence-corrected chi connectivity index (χ4v) is 2.03. The van der Waals surface area contributed by atoms with Crippen LogP contribution in [0.2, 0.25) is 5.02 Å². The minimum atomic E-state index is -0.599. The highest BCUT2D eigenvalue weighted by Gasteiger charge is 2.13. The van der Waals surface area contributed by atoms with Gasteiger partial charge in [-0.2, -0.15) is 0 Å². The molecule has 1 amide bonds. The Hall–Kier alpha value is -1.59. The van der Waals surface area contributed by atoms with Crippen LogP contribution >= 0.6 is 27.5 Å².